The third-order valence-corrected chi connectivity index (χ3v) is 6.71. The SMILES string of the molecule is COc1ccc(Cl)cc1NC(=O)N1CCN(Cc2nc(-c3cccs3)cs2)CC1. The van der Waals surface area contributed by atoms with Gasteiger partial charge in [0, 0.05) is 36.6 Å². The number of thiazole rings is 1. The van der Waals surface area contributed by atoms with Gasteiger partial charge >= 0.3 is 6.03 Å². The van der Waals surface area contributed by atoms with Crippen LogP contribution in [0.3, 0.4) is 0 Å². The van der Waals surface area contributed by atoms with Gasteiger partial charge in [0.1, 0.15) is 10.8 Å². The number of carbonyl (C=O) groups excluding carboxylic acids is 1. The lowest BCUT2D eigenvalue weighted by Gasteiger charge is -2.34. The molecule has 9 heteroatoms. The van der Waals surface area contributed by atoms with E-state index in [0.717, 1.165) is 30.3 Å². The molecule has 1 aliphatic rings. The van der Waals surface area contributed by atoms with Crippen LogP contribution < -0.4 is 10.1 Å². The first-order valence-corrected chi connectivity index (χ1v) is 11.4. The molecule has 0 radical (unpaired) electrons. The van der Waals surface area contributed by atoms with E-state index < -0.39 is 0 Å². The first kappa shape index (κ1) is 20.2. The van der Waals surface area contributed by atoms with Gasteiger partial charge in [0.05, 0.1) is 29.9 Å². The van der Waals surface area contributed by atoms with Gasteiger partial charge in [-0.2, -0.15) is 0 Å². The number of piperazine rings is 1. The summed E-state index contributed by atoms with van der Waals surface area (Å²) >= 11 is 9.44. The highest BCUT2D eigenvalue weighted by Gasteiger charge is 2.22. The van der Waals surface area contributed by atoms with Crippen LogP contribution in [-0.2, 0) is 6.54 Å². The zero-order valence-electron chi connectivity index (χ0n) is 15.9. The Hall–Kier alpha value is -2.13. The summed E-state index contributed by atoms with van der Waals surface area (Å²) in [5.74, 6) is 0.590. The highest BCUT2D eigenvalue weighted by Crippen LogP contribution is 2.28. The van der Waals surface area contributed by atoms with E-state index in [0.29, 0.717) is 29.5 Å². The van der Waals surface area contributed by atoms with Crippen molar-refractivity contribution in [3.63, 3.8) is 0 Å². The molecule has 6 nitrogen and oxygen atoms in total. The van der Waals surface area contributed by atoms with Crippen molar-refractivity contribution in [2.45, 2.75) is 6.54 Å². The second kappa shape index (κ2) is 9.13. The molecule has 29 heavy (non-hydrogen) atoms. The molecule has 1 N–H and O–H groups in total. The fourth-order valence-electron chi connectivity index (χ4n) is 3.19. The summed E-state index contributed by atoms with van der Waals surface area (Å²) in [6, 6.07) is 9.17. The number of rotatable bonds is 5. The zero-order chi connectivity index (χ0) is 20.2. The maximum absolute atomic E-state index is 12.6. The maximum Gasteiger partial charge on any atom is 0.322 e. The number of ether oxygens (including phenoxy) is 1. The predicted molar refractivity (Wildman–Crippen MR) is 119 cm³/mol. The number of benzene rings is 1. The molecule has 1 saturated heterocycles. The molecular weight excluding hydrogens is 428 g/mol. The van der Waals surface area contributed by atoms with Crippen molar-refractivity contribution in [3.8, 4) is 16.3 Å². The van der Waals surface area contributed by atoms with Crippen LogP contribution >= 0.6 is 34.3 Å². The van der Waals surface area contributed by atoms with Crippen LogP contribution in [0.4, 0.5) is 10.5 Å². The number of anilines is 1. The number of nitrogens with zero attached hydrogens (tertiary/aromatic N) is 3. The second-order valence-corrected chi connectivity index (χ2v) is 8.97. The molecule has 4 rings (SSSR count). The van der Waals surface area contributed by atoms with E-state index in [2.05, 4.69) is 27.0 Å². The topological polar surface area (TPSA) is 57.7 Å². The van der Waals surface area contributed by atoms with Crippen LogP contribution in [0, 0.1) is 0 Å². The third kappa shape index (κ3) is 4.90. The Morgan fingerprint density at radius 3 is 2.79 bits per heavy atom. The Kier molecular flexibility index (Phi) is 6.34. The number of hydrogen-bond acceptors (Lipinski definition) is 6. The fourth-order valence-corrected chi connectivity index (χ4v) is 4.96. The quantitative estimate of drug-likeness (QED) is 0.604. The van der Waals surface area contributed by atoms with E-state index in [9.17, 15) is 4.79 Å². The molecule has 152 valence electrons. The predicted octanol–water partition coefficient (Wildman–Crippen LogP) is 4.88. The van der Waals surface area contributed by atoms with Crippen LogP contribution in [0.5, 0.6) is 5.75 Å². The molecule has 0 spiro atoms. The number of nitrogens with one attached hydrogen (secondary N) is 1. The normalized spacial score (nSPS) is 14.8. The van der Waals surface area contributed by atoms with Crippen LogP contribution in [0.25, 0.3) is 10.6 Å². The van der Waals surface area contributed by atoms with E-state index >= 15 is 0 Å². The van der Waals surface area contributed by atoms with Gasteiger partial charge in [0.15, 0.2) is 0 Å². The molecule has 0 aliphatic carbocycles. The number of carbonyl (C=O) groups is 1. The second-order valence-electron chi connectivity index (χ2n) is 6.64. The monoisotopic (exact) mass is 448 g/mol. The molecule has 0 unspecified atom stereocenters. The van der Waals surface area contributed by atoms with Gasteiger partial charge in [0.25, 0.3) is 0 Å². The fraction of sp³-hybridized carbons (Fsp3) is 0.300. The smallest absolute Gasteiger partial charge is 0.322 e. The number of amides is 2. The number of aromatic nitrogens is 1. The van der Waals surface area contributed by atoms with Gasteiger partial charge in [-0.05, 0) is 29.6 Å². The molecule has 1 aliphatic heterocycles. The average Bonchev–Trinajstić information content (AvgIpc) is 3.40. The van der Waals surface area contributed by atoms with E-state index in [1.807, 2.05) is 11.0 Å². The minimum absolute atomic E-state index is 0.139. The average molecular weight is 449 g/mol. The van der Waals surface area contributed by atoms with Crippen molar-refractivity contribution in [3.05, 3.63) is 51.1 Å². The highest BCUT2D eigenvalue weighted by atomic mass is 35.5. The number of halogens is 1. The van der Waals surface area contributed by atoms with Gasteiger partial charge in [-0.15, -0.1) is 22.7 Å². The van der Waals surface area contributed by atoms with Gasteiger partial charge in [-0.25, -0.2) is 9.78 Å². The molecule has 0 saturated carbocycles. The molecule has 1 aromatic carbocycles. The Morgan fingerprint density at radius 1 is 1.24 bits per heavy atom. The van der Waals surface area contributed by atoms with Crippen molar-refractivity contribution in [2.24, 2.45) is 0 Å². The minimum atomic E-state index is -0.139. The Bertz CT molecular complexity index is 969. The van der Waals surface area contributed by atoms with Gasteiger partial charge in [0.2, 0.25) is 0 Å². The van der Waals surface area contributed by atoms with Gasteiger partial charge < -0.3 is 15.0 Å². The summed E-state index contributed by atoms with van der Waals surface area (Å²) in [6.45, 7) is 3.77. The summed E-state index contributed by atoms with van der Waals surface area (Å²) in [5, 5.41) is 8.75. The molecule has 3 heterocycles. The van der Waals surface area contributed by atoms with Crippen molar-refractivity contribution >= 4 is 46.0 Å². The summed E-state index contributed by atoms with van der Waals surface area (Å²) in [7, 11) is 1.57. The minimum Gasteiger partial charge on any atom is -0.495 e. The van der Waals surface area contributed by atoms with Crippen molar-refractivity contribution in [1.82, 2.24) is 14.8 Å². The molecule has 2 aromatic heterocycles. The van der Waals surface area contributed by atoms with Gasteiger partial charge in [-0.1, -0.05) is 17.7 Å². The van der Waals surface area contributed by atoms with E-state index in [4.69, 9.17) is 21.3 Å². The van der Waals surface area contributed by atoms with Crippen molar-refractivity contribution in [2.75, 3.05) is 38.6 Å². The summed E-state index contributed by atoms with van der Waals surface area (Å²) in [4.78, 5) is 22.7. The lowest BCUT2D eigenvalue weighted by atomic mass is 10.3. The number of methoxy groups -OCH3 is 1. The third-order valence-electron chi connectivity index (χ3n) is 4.75. The van der Waals surface area contributed by atoms with E-state index in [1.165, 1.54) is 4.88 Å². The van der Waals surface area contributed by atoms with Crippen LogP contribution in [0.15, 0.2) is 41.1 Å². The highest BCUT2D eigenvalue weighted by molar-refractivity contribution is 7.14. The van der Waals surface area contributed by atoms with Crippen LogP contribution in [-0.4, -0.2) is 54.1 Å². The summed E-state index contributed by atoms with van der Waals surface area (Å²) in [5.41, 5.74) is 1.63. The molecular formula is C20H21ClN4O2S2. The van der Waals surface area contributed by atoms with Crippen LogP contribution in [0.2, 0.25) is 5.02 Å². The van der Waals surface area contributed by atoms with Crippen molar-refractivity contribution < 1.29 is 9.53 Å². The lowest BCUT2D eigenvalue weighted by Crippen LogP contribution is -2.49. The molecule has 0 bridgehead atoms. The number of thiophene rings is 1. The Morgan fingerprint density at radius 2 is 2.07 bits per heavy atom. The molecule has 3 aromatic rings. The standard InChI is InChI=1S/C20H21ClN4O2S2/c1-27-17-5-4-14(21)11-15(17)23-20(26)25-8-6-24(7-9-25)12-19-22-16(13-29-19)18-3-2-10-28-18/h2-5,10-11,13H,6-9,12H2,1H3,(H,23,26). The zero-order valence-corrected chi connectivity index (χ0v) is 18.3. The Labute approximate surface area is 182 Å². The first-order chi connectivity index (χ1) is 14.1. The van der Waals surface area contributed by atoms with Crippen molar-refractivity contribution in [1.29, 1.82) is 0 Å². The van der Waals surface area contributed by atoms with Crippen LogP contribution in [0.1, 0.15) is 5.01 Å². The summed E-state index contributed by atoms with van der Waals surface area (Å²) in [6.07, 6.45) is 0. The molecule has 0 atom stereocenters. The number of urea groups is 1. The number of hydrogen-bond donors (Lipinski definition) is 1. The lowest BCUT2D eigenvalue weighted by molar-refractivity contribution is 0.143. The van der Waals surface area contributed by atoms with Gasteiger partial charge in [-0.3, -0.25) is 4.90 Å². The Balaban J connectivity index is 1.30. The first-order valence-electron chi connectivity index (χ1n) is 9.22. The maximum atomic E-state index is 12.6. The van der Waals surface area contributed by atoms with E-state index in [-0.39, 0.29) is 6.03 Å². The summed E-state index contributed by atoms with van der Waals surface area (Å²) < 4.78 is 5.30. The largest absolute Gasteiger partial charge is 0.495 e. The molecule has 1 fully saturated rings. The van der Waals surface area contributed by atoms with E-state index in [1.54, 1.807) is 48.0 Å². The molecule has 2 amide bonds.